The van der Waals surface area contributed by atoms with Crippen molar-refractivity contribution in [3.63, 3.8) is 0 Å². The van der Waals surface area contributed by atoms with E-state index in [-0.39, 0.29) is 11.2 Å². The molecule has 0 unspecified atom stereocenters. The van der Waals surface area contributed by atoms with Gasteiger partial charge in [0.15, 0.2) is 5.43 Å². The highest BCUT2D eigenvalue weighted by molar-refractivity contribution is 5.21. The molecule has 0 atom stereocenters. The van der Waals surface area contributed by atoms with E-state index in [1.54, 1.807) is 6.92 Å². The summed E-state index contributed by atoms with van der Waals surface area (Å²) in [6, 6.07) is 0.968. The standard InChI is InChI=1S/C6H6N2O3/c1-4-3-7-6(8(10)11)2-5(4)9/h2-3H,1H3,(H,7,9). The zero-order chi connectivity index (χ0) is 8.43. The third-order valence-electron chi connectivity index (χ3n) is 1.29. The number of rotatable bonds is 1. The molecule has 0 spiro atoms. The number of nitrogens with zero attached hydrogens (tertiary/aromatic N) is 1. The Kier molecular flexibility index (Phi) is 1.72. The fraction of sp³-hybridized carbons (Fsp3) is 0.167. The van der Waals surface area contributed by atoms with E-state index in [4.69, 9.17) is 0 Å². The number of hydrogen-bond donors (Lipinski definition) is 1. The second-order valence-electron chi connectivity index (χ2n) is 2.12. The lowest BCUT2D eigenvalue weighted by Gasteiger charge is -1.92. The summed E-state index contributed by atoms with van der Waals surface area (Å²) in [5.74, 6) is -0.277. The Morgan fingerprint density at radius 3 is 2.73 bits per heavy atom. The number of aromatic nitrogens is 1. The molecule has 11 heavy (non-hydrogen) atoms. The number of hydrogen-bond acceptors (Lipinski definition) is 3. The Morgan fingerprint density at radius 1 is 1.64 bits per heavy atom. The van der Waals surface area contributed by atoms with Gasteiger partial charge < -0.3 is 10.1 Å². The highest BCUT2D eigenvalue weighted by Gasteiger charge is 2.04. The van der Waals surface area contributed by atoms with Crippen molar-refractivity contribution in [1.29, 1.82) is 0 Å². The molecule has 0 aromatic carbocycles. The molecule has 1 rings (SSSR count). The summed E-state index contributed by atoms with van der Waals surface area (Å²) < 4.78 is 0. The van der Waals surface area contributed by atoms with Gasteiger partial charge in [-0.05, 0) is 11.8 Å². The van der Waals surface area contributed by atoms with Gasteiger partial charge in [-0.2, -0.15) is 0 Å². The average Bonchev–Trinajstić information content (AvgIpc) is 1.94. The second-order valence-corrected chi connectivity index (χ2v) is 2.12. The van der Waals surface area contributed by atoms with Gasteiger partial charge in [-0.25, -0.2) is 4.98 Å². The van der Waals surface area contributed by atoms with E-state index in [2.05, 4.69) is 4.98 Å². The third-order valence-corrected chi connectivity index (χ3v) is 1.29. The molecular formula is C6H6N2O3. The van der Waals surface area contributed by atoms with Crippen molar-refractivity contribution < 1.29 is 4.92 Å². The van der Waals surface area contributed by atoms with Crippen molar-refractivity contribution in [3.05, 3.63) is 38.2 Å². The SMILES string of the molecule is Cc1c[nH]c([N+](=O)[O-])cc1=O. The topological polar surface area (TPSA) is 76.0 Å². The second kappa shape index (κ2) is 2.53. The molecule has 0 saturated heterocycles. The van der Waals surface area contributed by atoms with Crippen molar-refractivity contribution in [1.82, 2.24) is 4.98 Å². The fourth-order valence-electron chi connectivity index (χ4n) is 0.638. The molecule has 0 aliphatic carbocycles. The summed E-state index contributed by atoms with van der Waals surface area (Å²) in [5, 5.41) is 10.1. The van der Waals surface area contributed by atoms with Gasteiger partial charge in [-0.3, -0.25) is 4.79 Å². The molecule has 1 aromatic heterocycles. The molecule has 5 heteroatoms. The van der Waals surface area contributed by atoms with Gasteiger partial charge in [0.05, 0.1) is 12.3 Å². The molecule has 1 N–H and O–H groups in total. The Labute approximate surface area is 61.8 Å². The number of aryl methyl sites for hydroxylation is 1. The van der Waals surface area contributed by atoms with Gasteiger partial charge in [-0.15, -0.1) is 0 Å². The fourth-order valence-corrected chi connectivity index (χ4v) is 0.638. The van der Waals surface area contributed by atoms with Crippen molar-refractivity contribution >= 4 is 5.82 Å². The van der Waals surface area contributed by atoms with E-state index in [9.17, 15) is 14.9 Å². The first-order valence-electron chi connectivity index (χ1n) is 2.95. The lowest BCUT2D eigenvalue weighted by Crippen LogP contribution is -2.06. The van der Waals surface area contributed by atoms with E-state index in [0.29, 0.717) is 5.56 Å². The zero-order valence-electron chi connectivity index (χ0n) is 5.83. The van der Waals surface area contributed by atoms with Crippen molar-refractivity contribution in [3.8, 4) is 0 Å². The molecule has 0 aliphatic heterocycles. The normalized spacial score (nSPS) is 9.55. The van der Waals surface area contributed by atoms with Gasteiger partial charge >= 0.3 is 5.82 Å². The molecule has 0 amide bonds. The smallest absolute Gasteiger partial charge is 0.324 e. The molecule has 0 aliphatic rings. The predicted octanol–water partition coefficient (Wildman–Crippen LogP) is 0.592. The van der Waals surface area contributed by atoms with Crippen LogP contribution < -0.4 is 5.43 Å². The van der Waals surface area contributed by atoms with E-state index in [0.717, 1.165) is 6.07 Å². The minimum absolute atomic E-state index is 0.277. The lowest BCUT2D eigenvalue weighted by atomic mass is 10.3. The van der Waals surface area contributed by atoms with Crippen LogP contribution in [0.2, 0.25) is 0 Å². The maximum absolute atomic E-state index is 10.8. The first-order chi connectivity index (χ1) is 5.11. The minimum atomic E-state index is -0.638. The third kappa shape index (κ3) is 1.43. The first kappa shape index (κ1) is 7.46. The van der Waals surface area contributed by atoms with Crippen LogP contribution in [0.1, 0.15) is 5.56 Å². The Hall–Kier alpha value is -1.65. The molecule has 0 radical (unpaired) electrons. The van der Waals surface area contributed by atoms with Crippen LogP contribution in [-0.4, -0.2) is 9.91 Å². The molecule has 1 aromatic rings. The molecule has 5 nitrogen and oxygen atoms in total. The van der Waals surface area contributed by atoms with Crippen LogP contribution in [0, 0.1) is 17.0 Å². The van der Waals surface area contributed by atoms with Crippen molar-refractivity contribution in [2.24, 2.45) is 0 Å². The van der Waals surface area contributed by atoms with Gasteiger partial charge in [0.2, 0.25) is 0 Å². The summed E-state index contributed by atoms with van der Waals surface area (Å²) in [6.07, 6.45) is 1.32. The van der Waals surface area contributed by atoms with E-state index < -0.39 is 4.92 Å². The highest BCUT2D eigenvalue weighted by atomic mass is 16.6. The maximum atomic E-state index is 10.8. The monoisotopic (exact) mass is 154 g/mol. The van der Waals surface area contributed by atoms with Gasteiger partial charge in [0.25, 0.3) is 0 Å². The molecule has 0 fully saturated rings. The van der Waals surface area contributed by atoms with E-state index in [1.165, 1.54) is 6.20 Å². The molecule has 0 bridgehead atoms. The Bertz CT molecular complexity index is 342. The van der Waals surface area contributed by atoms with Crippen LogP contribution in [-0.2, 0) is 0 Å². The molecule has 58 valence electrons. The largest absolute Gasteiger partial charge is 0.358 e. The molecule has 1 heterocycles. The summed E-state index contributed by atoms with van der Waals surface area (Å²) >= 11 is 0. The van der Waals surface area contributed by atoms with Crippen molar-refractivity contribution in [2.45, 2.75) is 6.92 Å². The zero-order valence-corrected chi connectivity index (χ0v) is 5.83. The predicted molar refractivity (Wildman–Crippen MR) is 38.5 cm³/mol. The first-order valence-corrected chi connectivity index (χ1v) is 2.95. The van der Waals surface area contributed by atoms with Gasteiger partial charge in [-0.1, -0.05) is 0 Å². The average molecular weight is 154 g/mol. The van der Waals surface area contributed by atoms with Crippen LogP contribution in [0.3, 0.4) is 0 Å². The lowest BCUT2D eigenvalue weighted by molar-refractivity contribution is -0.389. The number of pyridine rings is 1. The number of nitrogens with one attached hydrogen (secondary N) is 1. The van der Waals surface area contributed by atoms with E-state index >= 15 is 0 Å². The summed E-state index contributed by atoms with van der Waals surface area (Å²) in [4.78, 5) is 22.7. The highest BCUT2D eigenvalue weighted by Crippen LogP contribution is 2.00. The van der Waals surface area contributed by atoms with Crippen LogP contribution in [0.25, 0.3) is 0 Å². The number of nitro groups is 1. The summed E-state index contributed by atoms with van der Waals surface area (Å²) in [6.45, 7) is 1.59. The maximum Gasteiger partial charge on any atom is 0.324 e. The number of H-pyrrole nitrogens is 1. The van der Waals surface area contributed by atoms with Gasteiger partial charge in [0, 0.05) is 5.56 Å². The van der Waals surface area contributed by atoms with Crippen LogP contribution >= 0.6 is 0 Å². The van der Waals surface area contributed by atoms with E-state index in [1.807, 2.05) is 0 Å². The van der Waals surface area contributed by atoms with Crippen LogP contribution in [0.5, 0.6) is 0 Å². The number of aromatic amines is 1. The van der Waals surface area contributed by atoms with Gasteiger partial charge in [0.1, 0.15) is 0 Å². The Balaban J connectivity index is 3.26. The Morgan fingerprint density at radius 2 is 2.27 bits per heavy atom. The summed E-state index contributed by atoms with van der Waals surface area (Å²) in [7, 11) is 0. The van der Waals surface area contributed by atoms with Crippen molar-refractivity contribution in [2.75, 3.05) is 0 Å². The molecule has 0 saturated carbocycles. The molecular weight excluding hydrogens is 148 g/mol. The summed E-state index contributed by atoms with van der Waals surface area (Å²) in [5.41, 5.74) is 0.144. The van der Waals surface area contributed by atoms with Crippen LogP contribution in [0.4, 0.5) is 5.82 Å². The van der Waals surface area contributed by atoms with Crippen LogP contribution in [0.15, 0.2) is 17.1 Å². The quantitative estimate of drug-likeness (QED) is 0.475. The minimum Gasteiger partial charge on any atom is -0.358 e.